The molecule has 0 atom stereocenters. The highest BCUT2D eigenvalue weighted by Crippen LogP contribution is 2.32. The quantitative estimate of drug-likeness (QED) is 0.287. The summed E-state index contributed by atoms with van der Waals surface area (Å²) in [5.74, 6) is -1.10. The Bertz CT molecular complexity index is 1450. The second-order valence-electron chi connectivity index (χ2n) is 7.44. The number of nitrogens with zero attached hydrogens (tertiary/aromatic N) is 2. The maximum absolute atomic E-state index is 15.2. The predicted octanol–water partition coefficient (Wildman–Crippen LogP) is 7.74. The van der Waals surface area contributed by atoms with Crippen molar-refractivity contribution in [3.63, 3.8) is 0 Å². The smallest absolute Gasteiger partial charge is 0.151 e. The third-order valence-corrected chi connectivity index (χ3v) is 5.34. The molecule has 0 saturated heterocycles. The van der Waals surface area contributed by atoms with E-state index in [1.165, 1.54) is 30.6 Å². The highest BCUT2D eigenvalue weighted by Gasteiger charge is 2.16. The van der Waals surface area contributed by atoms with Crippen molar-refractivity contribution < 1.29 is 8.78 Å². The topological polar surface area (TPSA) is 57.4 Å². The van der Waals surface area contributed by atoms with Gasteiger partial charge in [0.15, 0.2) is 11.7 Å². The van der Waals surface area contributed by atoms with Crippen molar-refractivity contribution in [2.24, 2.45) is 0 Å². The summed E-state index contributed by atoms with van der Waals surface area (Å²) in [5.41, 5.74) is 5.42. The van der Waals surface area contributed by atoms with Crippen molar-refractivity contribution in [3.05, 3.63) is 108 Å². The maximum Gasteiger partial charge on any atom is 0.151 e. The Morgan fingerprint density at radius 1 is 0.735 bits per heavy atom. The van der Waals surface area contributed by atoms with Gasteiger partial charge in [-0.1, -0.05) is 38.5 Å². The molecule has 2 aromatic heterocycles. The fourth-order valence-corrected chi connectivity index (χ4v) is 3.57. The number of H-pyrrole nitrogens is 2. The van der Waals surface area contributed by atoms with E-state index in [-0.39, 0.29) is 11.4 Å². The van der Waals surface area contributed by atoms with E-state index in [0.29, 0.717) is 22.5 Å². The zero-order chi connectivity index (χ0) is 24.2. The molecule has 0 spiro atoms. The van der Waals surface area contributed by atoms with Crippen LogP contribution in [-0.4, -0.2) is 19.9 Å². The summed E-state index contributed by atoms with van der Waals surface area (Å²) in [5, 5.41) is 0. The average molecular weight is 453 g/mol. The van der Waals surface area contributed by atoms with Gasteiger partial charge in [0.2, 0.25) is 0 Å². The van der Waals surface area contributed by atoms with E-state index in [1.54, 1.807) is 30.4 Å². The second kappa shape index (κ2) is 9.50. The lowest BCUT2D eigenvalue weighted by Crippen LogP contribution is -1.83. The zero-order valence-corrected chi connectivity index (χ0v) is 18.4. The lowest BCUT2D eigenvalue weighted by molar-refractivity contribution is 0.758. The van der Waals surface area contributed by atoms with Crippen LogP contribution >= 0.6 is 0 Å². The Kier molecular flexibility index (Phi) is 6.32. The van der Waals surface area contributed by atoms with Crippen molar-refractivity contribution in [2.45, 2.75) is 0 Å². The fraction of sp³-hybridized carbons (Fsp3) is 0. The monoisotopic (exact) mass is 452 g/mol. The first-order valence-corrected chi connectivity index (χ1v) is 10.4. The van der Waals surface area contributed by atoms with Gasteiger partial charge in [-0.25, -0.2) is 8.78 Å². The van der Waals surface area contributed by atoms with Crippen LogP contribution in [0.4, 0.5) is 8.78 Å². The number of hydrogen-bond donors (Lipinski definition) is 2. The minimum atomic E-state index is -0.553. The molecule has 0 aromatic carbocycles. The van der Waals surface area contributed by atoms with Crippen molar-refractivity contribution >= 4 is 48.1 Å². The Hall–Kier alpha value is -4.58. The van der Waals surface area contributed by atoms with Crippen LogP contribution in [0.25, 0.3) is 59.2 Å². The number of nitrogens with one attached hydrogen (secondary N) is 2. The predicted molar refractivity (Wildman–Crippen MR) is 139 cm³/mol. The molecule has 4 heterocycles. The molecule has 6 heteroatoms. The Morgan fingerprint density at radius 3 is 1.85 bits per heavy atom. The summed E-state index contributed by atoms with van der Waals surface area (Å²) in [6, 6.07) is 6.74. The van der Waals surface area contributed by atoms with E-state index < -0.39 is 11.7 Å². The molecule has 0 radical (unpaired) electrons. The van der Waals surface area contributed by atoms with E-state index in [4.69, 9.17) is 0 Å². The van der Waals surface area contributed by atoms with E-state index in [9.17, 15) is 0 Å². The van der Waals surface area contributed by atoms with Gasteiger partial charge in [0, 0.05) is 58.4 Å². The Labute approximate surface area is 196 Å². The highest BCUT2D eigenvalue weighted by molar-refractivity contribution is 5.86. The first-order chi connectivity index (χ1) is 16.5. The Morgan fingerprint density at radius 2 is 1.29 bits per heavy atom. The molecule has 2 N–H and O–H groups in total. The normalized spacial score (nSPS) is 12.1. The third-order valence-electron chi connectivity index (χ3n) is 5.34. The molecule has 0 unspecified atom stereocenters. The molecule has 2 aliphatic heterocycles. The molecule has 4 nitrogen and oxygen atoms in total. The minimum Gasteiger partial charge on any atom is -0.355 e. The van der Waals surface area contributed by atoms with Crippen LogP contribution in [0, 0.1) is 0 Å². The molecule has 0 amide bonds. The van der Waals surface area contributed by atoms with Gasteiger partial charge >= 0.3 is 0 Å². The number of aromatic nitrogens is 4. The fourth-order valence-electron chi connectivity index (χ4n) is 3.57. The first kappa shape index (κ1) is 22.6. The Balaban J connectivity index is 1.71. The van der Waals surface area contributed by atoms with Gasteiger partial charge < -0.3 is 9.97 Å². The SMILES string of the molecule is C=Cc1cc(C=C)c(/C=C(/F)c2ccc3c(/C(F)=C\c4[nH]c(C=C)cc4C=C)ncc-3cn2)[nH]1. The number of fused-ring (bicyclic) bond motifs is 1. The highest BCUT2D eigenvalue weighted by atomic mass is 19.1. The maximum atomic E-state index is 15.2. The molecular formula is C28H22F2N4. The van der Waals surface area contributed by atoms with Crippen molar-refractivity contribution in [3.8, 4) is 11.1 Å². The number of halogens is 2. The van der Waals surface area contributed by atoms with Gasteiger partial charge in [-0.2, -0.15) is 0 Å². The summed E-state index contributed by atoms with van der Waals surface area (Å²) in [6.07, 6.45) is 12.2. The second-order valence-corrected chi connectivity index (χ2v) is 7.44. The largest absolute Gasteiger partial charge is 0.355 e. The molecule has 2 aliphatic rings. The van der Waals surface area contributed by atoms with Crippen LogP contribution in [0.3, 0.4) is 0 Å². The average Bonchev–Trinajstić information content (AvgIpc) is 3.51. The van der Waals surface area contributed by atoms with Gasteiger partial charge in [0.25, 0.3) is 0 Å². The van der Waals surface area contributed by atoms with E-state index >= 15 is 8.78 Å². The van der Waals surface area contributed by atoms with Crippen molar-refractivity contribution in [1.82, 2.24) is 19.9 Å². The van der Waals surface area contributed by atoms with Gasteiger partial charge in [0.1, 0.15) is 5.69 Å². The van der Waals surface area contributed by atoms with E-state index in [0.717, 1.165) is 22.5 Å². The third kappa shape index (κ3) is 4.34. The molecule has 2 aromatic rings. The number of aromatic amines is 2. The van der Waals surface area contributed by atoms with Gasteiger partial charge in [-0.15, -0.1) is 0 Å². The molecule has 0 fully saturated rings. The molecule has 34 heavy (non-hydrogen) atoms. The van der Waals surface area contributed by atoms with E-state index in [2.05, 4.69) is 46.3 Å². The molecule has 0 saturated carbocycles. The summed E-state index contributed by atoms with van der Waals surface area (Å²) < 4.78 is 30.2. The molecule has 0 aliphatic carbocycles. The zero-order valence-electron chi connectivity index (χ0n) is 18.4. The number of hydrogen-bond acceptors (Lipinski definition) is 2. The van der Waals surface area contributed by atoms with E-state index in [1.807, 2.05) is 12.1 Å². The van der Waals surface area contributed by atoms with Gasteiger partial charge in [0.05, 0.1) is 5.69 Å². The van der Waals surface area contributed by atoms with Crippen molar-refractivity contribution in [1.29, 1.82) is 0 Å². The molecule has 4 rings (SSSR count). The van der Waals surface area contributed by atoms with Crippen LogP contribution in [0.2, 0.25) is 0 Å². The lowest BCUT2D eigenvalue weighted by Gasteiger charge is -1.98. The van der Waals surface area contributed by atoms with Gasteiger partial charge in [-0.05, 0) is 47.5 Å². The summed E-state index contributed by atoms with van der Waals surface area (Å²) in [7, 11) is 0. The van der Waals surface area contributed by atoms with Crippen molar-refractivity contribution in [2.75, 3.05) is 0 Å². The molecule has 0 bridgehead atoms. The summed E-state index contributed by atoms with van der Waals surface area (Å²) in [6.45, 7) is 14.9. The van der Waals surface area contributed by atoms with Crippen LogP contribution < -0.4 is 0 Å². The summed E-state index contributed by atoms with van der Waals surface area (Å²) in [4.78, 5) is 14.6. The molecular weight excluding hydrogens is 430 g/mol. The lowest BCUT2D eigenvalue weighted by atomic mass is 10.1. The standard InChI is InChI=1S/C28H22F2N4/c1-5-17-11-20(7-3)33-26(17)13-23(29)25-10-9-22-19(15-31-25)16-32-28(22)24(30)14-27-18(6-2)12-21(8-4)34-27/h5-16,33-34H,1-4H2/b23-13+,24-14+. The first-order valence-electron chi connectivity index (χ1n) is 10.4. The summed E-state index contributed by atoms with van der Waals surface area (Å²) >= 11 is 0. The van der Waals surface area contributed by atoms with Crippen LogP contribution in [0.1, 0.15) is 45.3 Å². The minimum absolute atomic E-state index is 0.102. The van der Waals surface area contributed by atoms with Crippen LogP contribution in [-0.2, 0) is 0 Å². The molecule has 168 valence electrons. The number of rotatable bonds is 8. The van der Waals surface area contributed by atoms with Crippen LogP contribution in [0.15, 0.2) is 63.0 Å². The van der Waals surface area contributed by atoms with Gasteiger partial charge in [-0.3, -0.25) is 9.97 Å². The van der Waals surface area contributed by atoms with Crippen LogP contribution in [0.5, 0.6) is 0 Å².